The zero-order valence-corrected chi connectivity index (χ0v) is 20.7. The molecule has 30 heavy (non-hydrogen) atoms. The third kappa shape index (κ3) is 5.44. The number of hydrogen-bond donors (Lipinski definition) is 0. The molecule has 0 aromatic heterocycles. The maximum absolute atomic E-state index is 6.42. The smallest absolute Gasteiger partial charge is 0.192 e. The van der Waals surface area contributed by atoms with Gasteiger partial charge in [0.15, 0.2) is 14.1 Å². The first-order valence-electron chi connectivity index (χ1n) is 10.8. The maximum Gasteiger partial charge on any atom is 0.192 e. The van der Waals surface area contributed by atoms with E-state index in [-0.39, 0.29) is 29.5 Å². The minimum Gasteiger partial charge on any atom is -0.497 e. The van der Waals surface area contributed by atoms with Gasteiger partial charge >= 0.3 is 0 Å². The lowest BCUT2D eigenvalue weighted by Crippen LogP contribution is -2.44. The predicted molar refractivity (Wildman–Crippen MR) is 118 cm³/mol. The van der Waals surface area contributed by atoms with E-state index in [1.807, 2.05) is 38.1 Å². The SMILES string of the molecule is COc1ccc(COC[C@H]2OC(CO[Si](C)(C)C(C)(C)C)[C@H]3OC(C)(C)O[C@H]32)cc1. The van der Waals surface area contributed by atoms with Crippen LogP contribution in [-0.2, 0) is 30.0 Å². The molecule has 2 aliphatic rings. The molecule has 0 N–H and O–H groups in total. The van der Waals surface area contributed by atoms with E-state index in [4.69, 9.17) is 28.1 Å². The minimum absolute atomic E-state index is 0.139. The normalized spacial score (nSPS) is 28.5. The van der Waals surface area contributed by atoms with Crippen molar-refractivity contribution in [3.05, 3.63) is 29.8 Å². The largest absolute Gasteiger partial charge is 0.497 e. The Hall–Kier alpha value is -0.963. The molecule has 1 aromatic carbocycles. The summed E-state index contributed by atoms with van der Waals surface area (Å²) in [5.74, 6) is 0.215. The number of hydrogen-bond acceptors (Lipinski definition) is 6. The Morgan fingerprint density at radius 1 is 0.967 bits per heavy atom. The highest BCUT2D eigenvalue weighted by Gasteiger charge is 2.55. The van der Waals surface area contributed by atoms with Crippen LogP contribution in [0.1, 0.15) is 40.2 Å². The van der Waals surface area contributed by atoms with Gasteiger partial charge in [0.2, 0.25) is 0 Å². The third-order valence-electron chi connectivity index (χ3n) is 6.37. The molecule has 3 rings (SSSR count). The molecule has 7 heteroatoms. The van der Waals surface area contributed by atoms with E-state index in [2.05, 4.69) is 33.9 Å². The monoisotopic (exact) mass is 438 g/mol. The summed E-state index contributed by atoms with van der Waals surface area (Å²) in [6, 6.07) is 7.88. The number of methoxy groups -OCH3 is 1. The molecule has 0 amide bonds. The van der Waals surface area contributed by atoms with Gasteiger partial charge in [0.25, 0.3) is 0 Å². The van der Waals surface area contributed by atoms with Crippen molar-refractivity contribution in [1.29, 1.82) is 0 Å². The maximum atomic E-state index is 6.42. The van der Waals surface area contributed by atoms with Gasteiger partial charge in [-0.1, -0.05) is 32.9 Å². The molecular formula is C23H38O6Si. The van der Waals surface area contributed by atoms with Gasteiger partial charge in [-0.25, -0.2) is 0 Å². The van der Waals surface area contributed by atoms with E-state index in [0.717, 1.165) is 11.3 Å². The van der Waals surface area contributed by atoms with Gasteiger partial charge in [0, 0.05) is 0 Å². The molecular weight excluding hydrogens is 400 g/mol. The van der Waals surface area contributed by atoms with Crippen LogP contribution in [0.5, 0.6) is 5.75 Å². The van der Waals surface area contributed by atoms with Crippen LogP contribution in [0.3, 0.4) is 0 Å². The van der Waals surface area contributed by atoms with Crippen LogP contribution >= 0.6 is 0 Å². The van der Waals surface area contributed by atoms with Gasteiger partial charge in [0.05, 0.1) is 26.9 Å². The lowest BCUT2D eigenvalue weighted by Gasteiger charge is -2.37. The van der Waals surface area contributed by atoms with Crippen molar-refractivity contribution in [3.63, 3.8) is 0 Å². The summed E-state index contributed by atoms with van der Waals surface area (Å²) in [7, 11) is -0.207. The Labute approximate surface area is 182 Å². The molecule has 2 fully saturated rings. The topological polar surface area (TPSA) is 55.4 Å². The summed E-state index contributed by atoms with van der Waals surface area (Å²) < 4.78 is 36.2. The van der Waals surface area contributed by atoms with E-state index >= 15 is 0 Å². The Morgan fingerprint density at radius 2 is 1.53 bits per heavy atom. The van der Waals surface area contributed by atoms with E-state index < -0.39 is 14.1 Å². The highest BCUT2D eigenvalue weighted by molar-refractivity contribution is 6.74. The highest BCUT2D eigenvalue weighted by Crippen LogP contribution is 2.41. The summed E-state index contributed by atoms with van der Waals surface area (Å²) in [4.78, 5) is 0. The van der Waals surface area contributed by atoms with Crippen molar-refractivity contribution < 1.29 is 28.1 Å². The standard InChI is InChI=1S/C23H38O6Si/c1-22(2,3)30(7,8)26-15-19-21-20(28-23(4,5)29-21)18(27-19)14-25-13-16-9-11-17(24-6)12-10-16/h9-12,18-21H,13-15H2,1-8H3/t18-,19?,20+,21-/m1/s1. The molecule has 0 bridgehead atoms. The Kier molecular flexibility index (Phi) is 7.01. The Balaban J connectivity index is 1.58. The van der Waals surface area contributed by atoms with Crippen molar-refractivity contribution >= 4 is 8.32 Å². The number of fused-ring (bicyclic) bond motifs is 1. The van der Waals surface area contributed by atoms with Crippen LogP contribution in [-0.4, -0.2) is 58.8 Å². The number of rotatable bonds is 8. The molecule has 170 valence electrons. The van der Waals surface area contributed by atoms with Crippen LogP contribution in [0, 0.1) is 0 Å². The average Bonchev–Trinajstić information content (AvgIpc) is 3.13. The molecule has 1 unspecified atom stereocenters. The fourth-order valence-electron chi connectivity index (χ4n) is 3.56. The molecule has 0 aliphatic carbocycles. The summed E-state index contributed by atoms with van der Waals surface area (Å²) in [6.07, 6.45) is -0.619. The lowest BCUT2D eigenvalue weighted by molar-refractivity contribution is -0.195. The number of benzene rings is 1. The molecule has 1 aromatic rings. The third-order valence-corrected chi connectivity index (χ3v) is 10.9. The Morgan fingerprint density at radius 3 is 2.07 bits per heavy atom. The summed E-state index contributed by atoms with van der Waals surface area (Å²) in [6.45, 7) is 16.6. The Bertz CT molecular complexity index is 697. The first-order chi connectivity index (χ1) is 13.9. The first kappa shape index (κ1) is 23.7. The molecule has 2 aliphatic heterocycles. The predicted octanol–water partition coefficient (Wildman–Crippen LogP) is 4.52. The molecule has 0 spiro atoms. The zero-order chi connectivity index (χ0) is 22.2. The van der Waals surface area contributed by atoms with Gasteiger partial charge in [-0.05, 0) is 49.7 Å². The van der Waals surface area contributed by atoms with Crippen molar-refractivity contribution in [1.82, 2.24) is 0 Å². The van der Waals surface area contributed by atoms with E-state index in [1.54, 1.807) is 7.11 Å². The second kappa shape index (κ2) is 8.88. The van der Waals surface area contributed by atoms with E-state index in [9.17, 15) is 0 Å². The minimum atomic E-state index is -1.87. The average molecular weight is 439 g/mol. The zero-order valence-electron chi connectivity index (χ0n) is 19.7. The van der Waals surface area contributed by atoms with Crippen LogP contribution in [0.25, 0.3) is 0 Å². The molecule has 6 nitrogen and oxygen atoms in total. The van der Waals surface area contributed by atoms with Crippen LogP contribution in [0.2, 0.25) is 18.1 Å². The fraction of sp³-hybridized carbons (Fsp3) is 0.739. The number of ether oxygens (including phenoxy) is 5. The molecule has 4 atom stereocenters. The quantitative estimate of drug-likeness (QED) is 0.556. The van der Waals surface area contributed by atoms with E-state index in [1.165, 1.54) is 0 Å². The molecule has 2 heterocycles. The summed E-state index contributed by atoms with van der Waals surface area (Å²) in [5.41, 5.74) is 1.09. The molecule has 2 saturated heterocycles. The summed E-state index contributed by atoms with van der Waals surface area (Å²) in [5, 5.41) is 0.151. The highest BCUT2D eigenvalue weighted by atomic mass is 28.4. The summed E-state index contributed by atoms with van der Waals surface area (Å²) >= 11 is 0. The second-order valence-electron chi connectivity index (χ2n) is 10.2. The second-order valence-corrected chi connectivity index (χ2v) is 15.0. The first-order valence-corrected chi connectivity index (χ1v) is 13.7. The van der Waals surface area contributed by atoms with Crippen molar-refractivity contribution in [2.75, 3.05) is 20.3 Å². The van der Waals surface area contributed by atoms with Crippen molar-refractivity contribution in [2.45, 2.75) is 89.6 Å². The molecule has 0 saturated carbocycles. The van der Waals surface area contributed by atoms with Gasteiger partial charge in [-0.3, -0.25) is 0 Å². The van der Waals surface area contributed by atoms with Gasteiger partial charge in [0.1, 0.15) is 30.2 Å². The van der Waals surface area contributed by atoms with Crippen LogP contribution < -0.4 is 4.74 Å². The van der Waals surface area contributed by atoms with Crippen molar-refractivity contribution in [3.8, 4) is 5.75 Å². The van der Waals surface area contributed by atoms with Gasteiger partial charge < -0.3 is 28.1 Å². The van der Waals surface area contributed by atoms with Gasteiger partial charge in [-0.2, -0.15) is 0 Å². The van der Waals surface area contributed by atoms with E-state index in [0.29, 0.717) is 19.8 Å². The van der Waals surface area contributed by atoms with Gasteiger partial charge in [-0.15, -0.1) is 0 Å². The fourth-order valence-corrected chi connectivity index (χ4v) is 4.58. The van der Waals surface area contributed by atoms with Crippen LogP contribution in [0.15, 0.2) is 24.3 Å². The van der Waals surface area contributed by atoms with Crippen LogP contribution in [0.4, 0.5) is 0 Å². The van der Waals surface area contributed by atoms with Crippen molar-refractivity contribution in [2.24, 2.45) is 0 Å². The molecule has 0 radical (unpaired) electrons. The lowest BCUT2D eigenvalue weighted by atomic mass is 10.1.